The topological polar surface area (TPSA) is 111 Å². The van der Waals surface area contributed by atoms with E-state index in [1.54, 1.807) is 19.2 Å². The fourth-order valence-electron chi connectivity index (χ4n) is 4.68. The van der Waals surface area contributed by atoms with Gasteiger partial charge in [0, 0.05) is 13.3 Å². The van der Waals surface area contributed by atoms with Crippen LogP contribution in [0.1, 0.15) is 57.6 Å². The van der Waals surface area contributed by atoms with Crippen molar-refractivity contribution in [3.63, 3.8) is 0 Å². The fraction of sp³-hybridized carbons (Fsp3) is 0.467. The van der Waals surface area contributed by atoms with E-state index >= 15 is 0 Å². The molecule has 39 heavy (non-hydrogen) atoms. The number of thioether (sulfide) groups is 1. The predicted octanol–water partition coefficient (Wildman–Crippen LogP) is 4.20. The molecule has 2 atom stereocenters. The molecule has 2 aromatic carbocycles. The zero-order valence-corrected chi connectivity index (χ0v) is 23.8. The summed E-state index contributed by atoms with van der Waals surface area (Å²) in [4.78, 5) is 52.0. The van der Waals surface area contributed by atoms with Gasteiger partial charge in [-0.25, -0.2) is 4.79 Å². The molecule has 1 aliphatic carbocycles. The largest absolute Gasteiger partial charge is 0.497 e. The standard InChI is InChI=1S/C30H38N2O6S/c1-20(2)26(39-21(3)33)27(34)32-30(16-8-9-17-30)29(36)31-25(18-22-12-14-24(37-4)15-13-22)28(35)38-19-23-10-6-5-7-11-23/h5-7,10-15,20,25-26H,8-9,16-19H2,1-4H3,(H,31,36)(H,32,34)/t25-,26-/m0/s1. The van der Waals surface area contributed by atoms with Crippen molar-refractivity contribution in [1.29, 1.82) is 0 Å². The van der Waals surface area contributed by atoms with Crippen molar-refractivity contribution in [3.05, 3.63) is 65.7 Å². The summed E-state index contributed by atoms with van der Waals surface area (Å²) in [6.07, 6.45) is 2.65. The first-order chi connectivity index (χ1) is 18.6. The Kier molecular flexibility index (Phi) is 11.0. The normalized spacial score (nSPS) is 15.7. The minimum atomic E-state index is -1.15. The third-order valence-corrected chi connectivity index (χ3v) is 8.17. The molecule has 1 fully saturated rings. The number of benzene rings is 2. The highest BCUT2D eigenvalue weighted by Gasteiger charge is 2.45. The molecule has 2 amide bonds. The average molecular weight is 555 g/mol. The Morgan fingerprint density at radius 3 is 2.15 bits per heavy atom. The number of esters is 1. The molecule has 0 unspecified atom stereocenters. The predicted molar refractivity (Wildman–Crippen MR) is 151 cm³/mol. The van der Waals surface area contributed by atoms with E-state index in [0.717, 1.165) is 35.7 Å². The lowest BCUT2D eigenvalue weighted by Gasteiger charge is -2.33. The highest BCUT2D eigenvalue weighted by molar-refractivity contribution is 8.14. The van der Waals surface area contributed by atoms with Gasteiger partial charge < -0.3 is 20.1 Å². The molecule has 0 aliphatic heterocycles. The van der Waals surface area contributed by atoms with Gasteiger partial charge in [-0.15, -0.1) is 0 Å². The fourth-order valence-corrected chi connectivity index (χ4v) is 5.48. The van der Waals surface area contributed by atoms with Gasteiger partial charge in [-0.2, -0.15) is 0 Å². The van der Waals surface area contributed by atoms with Gasteiger partial charge in [0.2, 0.25) is 11.8 Å². The van der Waals surface area contributed by atoms with Gasteiger partial charge in [-0.05, 0) is 42.0 Å². The molecule has 3 rings (SSSR count). The second kappa shape index (κ2) is 14.2. The first-order valence-corrected chi connectivity index (χ1v) is 14.1. The molecule has 210 valence electrons. The lowest BCUT2D eigenvalue weighted by molar-refractivity contribution is -0.150. The number of amides is 2. The number of hydrogen-bond donors (Lipinski definition) is 2. The molecular formula is C30H38N2O6S. The van der Waals surface area contributed by atoms with E-state index in [4.69, 9.17) is 9.47 Å². The molecule has 0 aromatic heterocycles. The van der Waals surface area contributed by atoms with E-state index in [0.29, 0.717) is 18.6 Å². The quantitative estimate of drug-likeness (QED) is 0.378. The van der Waals surface area contributed by atoms with Crippen molar-refractivity contribution in [3.8, 4) is 5.75 Å². The average Bonchev–Trinajstić information content (AvgIpc) is 3.40. The van der Waals surface area contributed by atoms with Crippen LogP contribution in [0.3, 0.4) is 0 Å². The van der Waals surface area contributed by atoms with Crippen LogP contribution < -0.4 is 15.4 Å². The summed E-state index contributed by atoms with van der Waals surface area (Å²) >= 11 is 0.971. The summed E-state index contributed by atoms with van der Waals surface area (Å²) in [5.74, 6) is -0.743. The third-order valence-electron chi connectivity index (χ3n) is 6.82. The SMILES string of the molecule is COc1ccc(C[C@H](NC(=O)C2(NC(=O)[C@@H](SC(C)=O)C(C)C)CCCC2)C(=O)OCc2ccccc2)cc1. The van der Waals surface area contributed by atoms with Crippen LogP contribution in [0, 0.1) is 5.92 Å². The maximum Gasteiger partial charge on any atom is 0.329 e. The highest BCUT2D eigenvalue weighted by atomic mass is 32.2. The summed E-state index contributed by atoms with van der Waals surface area (Å²) in [6.45, 7) is 5.25. The van der Waals surface area contributed by atoms with Crippen LogP contribution in [0.4, 0.5) is 0 Å². The first-order valence-electron chi connectivity index (χ1n) is 13.3. The van der Waals surface area contributed by atoms with Crippen molar-refractivity contribution in [2.75, 3.05) is 7.11 Å². The molecule has 0 radical (unpaired) electrons. The Labute approximate surface area is 234 Å². The maximum atomic E-state index is 13.8. The van der Waals surface area contributed by atoms with Crippen LogP contribution in [0.2, 0.25) is 0 Å². The van der Waals surface area contributed by atoms with E-state index in [9.17, 15) is 19.2 Å². The first kappa shape index (κ1) is 30.2. The molecule has 8 nitrogen and oxygen atoms in total. The molecule has 0 heterocycles. The molecular weight excluding hydrogens is 516 g/mol. The van der Waals surface area contributed by atoms with E-state index < -0.39 is 28.7 Å². The van der Waals surface area contributed by atoms with Crippen LogP contribution >= 0.6 is 11.8 Å². The minimum Gasteiger partial charge on any atom is -0.497 e. The monoisotopic (exact) mass is 554 g/mol. The van der Waals surface area contributed by atoms with Gasteiger partial charge >= 0.3 is 5.97 Å². The Morgan fingerprint density at radius 2 is 1.59 bits per heavy atom. The Bertz CT molecular complexity index is 1130. The Morgan fingerprint density at radius 1 is 0.949 bits per heavy atom. The molecule has 1 saturated carbocycles. The van der Waals surface area contributed by atoms with E-state index in [-0.39, 0.29) is 30.0 Å². The zero-order chi connectivity index (χ0) is 28.4. The highest BCUT2D eigenvalue weighted by Crippen LogP contribution is 2.32. The van der Waals surface area contributed by atoms with E-state index in [2.05, 4.69) is 10.6 Å². The van der Waals surface area contributed by atoms with E-state index in [1.165, 1.54) is 6.92 Å². The number of methoxy groups -OCH3 is 1. The number of carbonyl (C=O) groups is 4. The number of ether oxygens (including phenoxy) is 2. The second-order valence-corrected chi connectivity index (χ2v) is 11.5. The number of rotatable bonds is 12. The smallest absolute Gasteiger partial charge is 0.329 e. The van der Waals surface area contributed by atoms with Gasteiger partial charge in [0.15, 0.2) is 5.12 Å². The molecule has 2 N–H and O–H groups in total. The zero-order valence-electron chi connectivity index (χ0n) is 23.0. The molecule has 1 aliphatic rings. The van der Waals surface area contributed by atoms with Gasteiger partial charge in [0.05, 0.1) is 12.4 Å². The molecule has 0 bridgehead atoms. The minimum absolute atomic E-state index is 0.0782. The lowest BCUT2D eigenvalue weighted by Crippen LogP contribution is -2.61. The van der Waals surface area contributed by atoms with Crippen molar-refractivity contribution in [2.24, 2.45) is 5.92 Å². The maximum absolute atomic E-state index is 13.8. The van der Waals surface area contributed by atoms with Crippen molar-refractivity contribution >= 4 is 34.7 Å². The van der Waals surface area contributed by atoms with Gasteiger partial charge in [0.1, 0.15) is 23.9 Å². The number of hydrogen-bond acceptors (Lipinski definition) is 7. The Balaban J connectivity index is 1.80. The Hall–Kier alpha value is -3.33. The van der Waals surface area contributed by atoms with Crippen molar-refractivity contribution < 1.29 is 28.7 Å². The van der Waals surface area contributed by atoms with Crippen LogP contribution in [0.5, 0.6) is 5.75 Å². The van der Waals surface area contributed by atoms with Crippen molar-refractivity contribution in [1.82, 2.24) is 10.6 Å². The second-order valence-electron chi connectivity index (χ2n) is 10.2. The molecule has 9 heteroatoms. The third kappa shape index (κ3) is 8.58. The van der Waals surface area contributed by atoms with E-state index in [1.807, 2.05) is 56.3 Å². The summed E-state index contributed by atoms with van der Waals surface area (Å²) in [5, 5.41) is 5.09. The molecule has 0 spiro atoms. The summed E-state index contributed by atoms with van der Waals surface area (Å²) in [6, 6.07) is 15.6. The van der Waals surface area contributed by atoms with Crippen LogP contribution in [0.25, 0.3) is 0 Å². The summed E-state index contributed by atoms with van der Waals surface area (Å²) < 4.78 is 10.8. The summed E-state index contributed by atoms with van der Waals surface area (Å²) in [5.41, 5.74) is 0.502. The lowest BCUT2D eigenvalue weighted by atomic mass is 9.94. The van der Waals surface area contributed by atoms with Crippen LogP contribution in [-0.2, 0) is 36.9 Å². The molecule has 0 saturated heterocycles. The number of carbonyl (C=O) groups excluding carboxylic acids is 4. The number of nitrogens with one attached hydrogen (secondary N) is 2. The molecule has 2 aromatic rings. The van der Waals surface area contributed by atoms with Crippen LogP contribution in [0.15, 0.2) is 54.6 Å². The summed E-state index contributed by atoms with van der Waals surface area (Å²) in [7, 11) is 1.58. The van der Waals surface area contributed by atoms with Gasteiger partial charge in [-0.3, -0.25) is 14.4 Å². The van der Waals surface area contributed by atoms with Crippen molar-refractivity contribution in [2.45, 2.75) is 76.3 Å². The van der Waals surface area contributed by atoms with Gasteiger partial charge in [-0.1, -0.05) is 80.9 Å². The van der Waals surface area contributed by atoms with Gasteiger partial charge in [0.25, 0.3) is 0 Å². The van der Waals surface area contributed by atoms with Crippen LogP contribution in [-0.4, -0.2) is 46.8 Å².